The summed E-state index contributed by atoms with van der Waals surface area (Å²) >= 11 is 5.78. The molecule has 1 heterocycles. The first-order valence-electron chi connectivity index (χ1n) is 4.43. The van der Waals surface area contributed by atoms with Crippen molar-refractivity contribution < 1.29 is 4.79 Å². The van der Waals surface area contributed by atoms with Crippen molar-refractivity contribution in [2.24, 2.45) is 0 Å². The molecule has 1 fully saturated rings. The lowest BCUT2D eigenvalue weighted by atomic mass is 10.3. The van der Waals surface area contributed by atoms with Crippen LogP contribution in [-0.2, 0) is 4.79 Å². The van der Waals surface area contributed by atoms with Crippen LogP contribution in [0.3, 0.4) is 0 Å². The smallest absolute Gasteiger partial charge is 0.236 e. The number of halogens is 1. The fourth-order valence-electron chi connectivity index (χ4n) is 1.30. The van der Waals surface area contributed by atoms with E-state index in [1.807, 2.05) is 23.9 Å². The number of hydrogen-bond donors (Lipinski definition) is 0. The van der Waals surface area contributed by atoms with Crippen molar-refractivity contribution in [3.8, 4) is 0 Å². The van der Waals surface area contributed by atoms with E-state index in [0.717, 1.165) is 26.2 Å². The van der Waals surface area contributed by atoms with Gasteiger partial charge in [0, 0.05) is 26.2 Å². The van der Waals surface area contributed by atoms with Crippen LogP contribution in [-0.4, -0.2) is 66.9 Å². The molecule has 1 amide bonds. The van der Waals surface area contributed by atoms with E-state index in [0.29, 0.717) is 6.54 Å². The highest BCUT2D eigenvalue weighted by atomic mass is 35.5. The minimum absolute atomic E-state index is 0.190. The van der Waals surface area contributed by atoms with E-state index in [2.05, 4.69) is 0 Å². The SMILES string of the molecule is CN(C)CC(=O)N1CCN(Cl)CC1. The average molecular weight is 206 g/mol. The fraction of sp³-hybridized carbons (Fsp3) is 0.875. The topological polar surface area (TPSA) is 26.8 Å². The van der Waals surface area contributed by atoms with E-state index < -0.39 is 0 Å². The molecule has 1 rings (SSSR count). The summed E-state index contributed by atoms with van der Waals surface area (Å²) < 4.78 is 1.72. The van der Waals surface area contributed by atoms with Gasteiger partial charge in [-0.1, -0.05) is 0 Å². The highest BCUT2D eigenvalue weighted by molar-refractivity contribution is 6.13. The Labute approximate surface area is 84.1 Å². The van der Waals surface area contributed by atoms with Gasteiger partial charge in [-0.2, -0.15) is 0 Å². The minimum Gasteiger partial charge on any atom is -0.339 e. The Bertz CT molecular complexity index is 178. The van der Waals surface area contributed by atoms with Gasteiger partial charge >= 0.3 is 0 Å². The van der Waals surface area contributed by atoms with E-state index in [1.165, 1.54) is 0 Å². The van der Waals surface area contributed by atoms with Crippen LogP contribution >= 0.6 is 11.8 Å². The largest absolute Gasteiger partial charge is 0.339 e. The van der Waals surface area contributed by atoms with Crippen molar-refractivity contribution in [3.63, 3.8) is 0 Å². The van der Waals surface area contributed by atoms with Gasteiger partial charge in [0.1, 0.15) is 0 Å². The Hall–Kier alpha value is -0.320. The van der Waals surface area contributed by atoms with E-state index in [1.54, 1.807) is 4.42 Å². The molecule has 13 heavy (non-hydrogen) atoms. The van der Waals surface area contributed by atoms with E-state index in [4.69, 9.17) is 11.8 Å². The summed E-state index contributed by atoms with van der Waals surface area (Å²) in [7, 11) is 3.80. The first-order valence-corrected chi connectivity index (χ1v) is 4.76. The number of likely N-dealkylation sites (N-methyl/N-ethyl adjacent to an activating group) is 1. The predicted octanol–water partition coefficient (Wildman–Crippen LogP) is -0.154. The van der Waals surface area contributed by atoms with Crippen molar-refractivity contribution >= 4 is 17.7 Å². The Morgan fingerprint density at radius 3 is 2.31 bits per heavy atom. The quantitative estimate of drug-likeness (QED) is 0.587. The summed E-state index contributed by atoms with van der Waals surface area (Å²) in [5, 5.41) is 0. The Morgan fingerprint density at radius 2 is 1.85 bits per heavy atom. The van der Waals surface area contributed by atoms with Gasteiger partial charge in [0.2, 0.25) is 5.91 Å². The summed E-state index contributed by atoms with van der Waals surface area (Å²) in [6, 6.07) is 0. The molecule has 0 aromatic carbocycles. The third-order valence-corrected chi connectivity index (χ3v) is 2.37. The summed E-state index contributed by atoms with van der Waals surface area (Å²) in [4.78, 5) is 15.3. The van der Waals surface area contributed by atoms with Crippen molar-refractivity contribution in [2.45, 2.75) is 0 Å². The van der Waals surface area contributed by atoms with E-state index in [9.17, 15) is 4.79 Å². The fourth-order valence-corrected chi connectivity index (χ4v) is 1.45. The molecule has 0 spiro atoms. The molecule has 1 aliphatic heterocycles. The van der Waals surface area contributed by atoms with Gasteiger partial charge in [-0.15, -0.1) is 0 Å². The monoisotopic (exact) mass is 205 g/mol. The van der Waals surface area contributed by atoms with Crippen LogP contribution < -0.4 is 0 Å². The molecule has 0 unspecified atom stereocenters. The van der Waals surface area contributed by atoms with Crippen molar-refractivity contribution in [3.05, 3.63) is 0 Å². The molecule has 0 aliphatic carbocycles. The Balaban J connectivity index is 2.31. The second-order valence-corrected chi connectivity index (χ2v) is 4.01. The van der Waals surface area contributed by atoms with Crippen molar-refractivity contribution in [2.75, 3.05) is 46.8 Å². The predicted molar refractivity (Wildman–Crippen MR) is 52.6 cm³/mol. The summed E-state index contributed by atoms with van der Waals surface area (Å²) in [5.41, 5.74) is 0. The van der Waals surface area contributed by atoms with Crippen LogP contribution in [0.4, 0.5) is 0 Å². The number of nitrogens with zero attached hydrogens (tertiary/aromatic N) is 3. The van der Waals surface area contributed by atoms with Gasteiger partial charge in [-0.25, -0.2) is 4.42 Å². The van der Waals surface area contributed by atoms with Gasteiger partial charge in [-0.05, 0) is 25.9 Å². The zero-order valence-electron chi connectivity index (χ0n) is 8.16. The maximum Gasteiger partial charge on any atom is 0.236 e. The third kappa shape index (κ3) is 3.50. The van der Waals surface area contributed by atoms with Crippen LogP contribution in [0.5, 0.6) is 0 Å². The molecule has 0 radical (unpaired) electrons. The van der Waals surface area contributed by atoms with Crippen LogP contribution in [0, 0.1) is 0 Å². The summed E-state index contributed by atoms with van der Waals surface area (Å²) in [5.74, 6) is 0.190. The average Bonchev–Trinajstić information content (AvgIpc) is 2.04. The number of rotatable bonds is 2. The molecule has 0 N–H and O–H groups in total. The second kappa shape index (κ2) is 4.79. The van der Waals surface area contributed by atoms with Crippen LogP contribution in [0.25, 0.3) is 0 Å². The number of carbonyl (C=O) groups excluding carboxylic acids is 1. The molecule has 0 aromatic rings. The number of carbonyl (C=O) groups is 1. The molecule has 76 valence electrons. The number of amides is 1. The lowest BCUT2D eigenvalue weighted by Crippen LogP contribution is -2.48. The first kappa shape index (κ1) is 10.8. The van der Waals surface area contributed by atoms with Gasteiger partial charge in [0.15, 0.2) is 0 Å². The molecule has 4 nitrogen and oxygen atoms in total. The van der Waals surface area contributed by atoms with E-state index >= 15 is 0 Å². The van der Waals surface area contributed by atoms with Gasteiger partial charge in [-0.3, -0.25) is 4.79 Å². The van der Waals surface area contributed by atoms with E-state index in [-0.39, 0.29) is 5.91 Å². The summed E-state index contributed by atoms with van der Waals surface area (Å²) in [6.07, 6.45) is 0. The zero-order valence-corrected chi connectivity index (χ0v) is 8.92. The molecular weight excluding hydrogens is 190 g/mol. The standard InChI is InChI=1S/C8H16ClN3O/c1-10(2)7-8(13)11-3-5-12(9)6-4-11/h3-7H2,1-2H3. The Morgan fingerprint density at radius 1 is 1.31 bits per heavy atom. The number of hydrogen-bond acceptors (Lipinski definition) is 3. The molecule has 0 bridgehead atoms. The lowest BCUT2D eigenvalue weighted by Gasteiger charge is -2.31. The zero-order chi connectivity index (χ0) is 9.84. The van der Waals surface area contributed by atoms with Gasteiger partial charge < -0.3 is 9.80 Å². The van der Waals surface area contributed by atoms with Crippen LogP contribution in [0.1, 0.15) is 0 Å². The maximum absolute atomic E-state index is 11.5. The molecule has 0 aromatic heterocycles. The lowest BCUT2D eigenvalue weighted by molar-refractivity contribution is -0.132. The number of piperazine rings is 1. The molecular formula is C8H16ClN3O. The maximum atomic E-state index is 11.5. The molecule has 0 saturated carbocycles. The van der Waals surface area contributed by atoms with Crippen molar-refractivity contribution in [1.29, 1.82) is 0 Å². The van der Waals surface area contributed by atoms with Gasteiger partial charge in [0.25, 0.3) is 0 Å². The first-order chi connectivity index (χ1) is 6.09. The third-order valence-electron chi connectivity index (χ3n) is 2.03. The minimum atomic E-state index is 0.190. The molecule has 0 atom stereocenters. The molecule has 5 heteroatoms. The molecule has 1 saturated heterocycles. The van der Waals surface area contributed by atoms with Gasteiger partial charge in [0.05, 0.1) is 6.54 Å². The highest BCUT2D eigenvalue weighted by Gasteiger charge is 2.19. The summed E-state index contributed by atoms with van der Waals surface area (Å²) in [6.45, 7) is 3.51. The molecule has 1 aliphatic rings. The Kier molecular flexibility index (Phi) is 3.96. The van der Waals surface area contributed by atoms with Crippen molar-refractivity contribution in [1.82, 2.24) is 14.2 Å². The van der Waals surface area contributed by atoms with Crippen LogP contribution in [0.15, 0.2) is 0 Å². The second-order valence-electron chi connectivity index (χ2n) is 3.53. The van der Waals surface area contributed by atoms with Crippen LogP contribution in [0.2, 0.25) is 0 Å². The highest BCUT2D eigenvalue weighted by Crippen LogP contribution is 2.04. The normalized spacial score (nSPS) is 19.5.